The van der Waals surface area contributed by atoms with Crippen molar-refractivity contribution in [3.05, 3.63) is 29.8 Å². The van der Waals surface area contributed by atoms with Gasteiger partial charge in [0, 0.05) is 5.33 Å². The molecule has 1 fully saturated rings. The van der Waals surface area contributed by atoms with Gasteiger partial charge in [-0.3, -0.25) is 0 Å². The SMILES string of the molecule is Oc1cccc(CC2(CBr)CCC2)c1. The highest BCUT2D eigenvalue weighted by Gasteiger charge is 2.35. The molecule has 0 amide bonds. The first-order valence-electron chi connectivity index (χ1n) is 5.08. The Bertz CT molecular complexity index is 312. The van der Waals surface area contributed by atoms with Crippen LogP contribution in [-0.2, 0) is 6.42 Å². The molecule has 0 bridgehead atoms. The van der Waals surface area contributed by atoms with Crippen LogP contribution in [0.1, 0.15) is 24.8 Å². The van der Waals surface area contributed by atoms with Gasteiger partial charge < -0.3 is 5.11 Å². The van der Waals surface area contributed by atoms with Gasteiger partial charge in [0.05, 0.1) is 0 Å². The third-order valence-electron chi connectivity index (χ3n) is 3.19. The lowest BCUT2D eigenvalue weighted by Gasteiger charge is -2.40. The van der Waals surface area contributed by atoms with E-state index < -0.39 is 0 Å². The van der Waals surface area contributed by atoms with Crippen molar-refractivity contribution in [3.63, 3.8) is 0 Å². The Hall–Kier alpha value is -0.500. The highest BCUT2D eigenvalue weighted by Crippen LogP contribution is 2.45. The first-order chi connectivity index (χ1) is 6.74. The second-order valence-corrected chi connectivity index (χ2v) is 4.89. The van der Waals surface area contributed by atoms with Crippen molar-refractivity contribution in [2.45, 2.75) is 25.7 Å². The molecule has 0 radical (unpaired) electrons. The molecule has 1 aliphatic rings. The minimum absolute atomic E-state index is 0.381. The van der Waals surface area contributed by atoms with Crippen LogP contribution in [0.25, 0.3) is 0 Å². The van der Waals surface area contributed by atoms with Crippen molar-refractivity contribution in [1.29, 1.82) is 0 Å². The molecule has 1 aromatic carbocycles. The van der Waals surface area contributed by atoms with Crippen molar-refractivity contribution in [2.75, 3.05) is 5.33 Å². The zero-order valence-electron chi connectivity index (χ0n) is 8.17. The summed E-state index contributed by atoms with van der Waals surface area (Å²) in [6.07, 6.45) is 5.07. The largest absolute Gasteiger partial charge is 0.508 e. The second kappa shape index (κ2) is 3.93. The van der Waals surface area contributed by atoms with E-state index >= 15 is 0 Å². The third-order valence-corrected chi connectivity index (χ3v) is 4.38. The fraction of sp³-hybridized carbons (Fsp3) is 0.500. The normalized spacial score (nSPS) is 18.9. The lowest BCUT2D eigenvalue weighted by atomic mass is 9.67. The summed E-state index contributed by atoms with van der Waals surface area (Å²) in [5.41, 5.74) is 1.72. The summed E-state index contributed by atoms with van der Waals surface area (Å²) in [4.78, 5) is 0. The van der Waals surface area contributed by atoms with E-state index in [0.717, 1.165) is 11.8 Å². The summed E-state index contributed by atoms with van der Waals surface area (Å²) in [5, 5.41) is 10.4. The van der Waals surface area contributed by atoms with Gasteiger partial charge in [-0.1, -0.05) is 34.5 Å². The molecular weight excluding hydrogens is 240 g/mol. The lowest BCUT2D eigenvalue weighted by Crippen LogP contribution is -2.33. The molecule has 1 nitrogen and oxygen atoms in total. The number of rotatable bonds is 3. The zero-order valence-corrected chi connectivity index (χ0v) is 9.76. The minimum atomic E-state index is 0.381. The fourth-order valence-corrected chi connectivity index (χ4v) is 2.89. The average Bonchev–Trinajstić information content (AvgIpc) is 2.11. The number of alkyl halides is 1. The Morgan fingerprint density at radius 1 is 1.36 bits per heavy atom. The summed E-state index contributed by atoms with van der Waals surface area (Å²) in [6.45, 7) is 0. The van der Waals surface area contributed by atoms with Crippen LogP contribution in [0.4, 0.5) is 0 Å². The molecule has 1 aliphatic carbocycles. The van der Waals surface area contributed by atoms with Crippen molar-refractivity contribution in [2.24, 2.45) is 5.41 Å². The van der Waals surface area contributed by atoms with Crippen LogP contribution in [0.15, 0.2) is 24.3 Å². The number of hydrogen-bond acceptors (Lipinski definition) is 1. The summed E-state index contributed by atoms with van der Waals surface area (Å²) in [6, 6.07) is 7.63. The summed E-state index contributed by atoms with van der Waals surface area (Å²) >= 11 is 3.60. The van der Waals surface area contributed by atoms with E-state index in [1.165, 1.54) is 24.8 Å². The van der Waals surface area contributed by atoms with Gasteiger partial charge in [0.2, 0.25) is 0 Å². The molecule has 0 saturated heterocycles. The van der Waals surface area contributed by atoms with Crippen LogP contribution in [0, 0.1) is 5.41 Å². The predicted molar refractivity (Wildman–Crippen MR) is 61.9 cm³/mol. The smallest absolute Gasteiger partial charge is 0.115 e. The van der Waals surface area contributed by atoms with Gasteiger partial charge in [0.15, 0.2) is 0 Å². The molecule has 0 heterocycles. The third kappa shape index (κ3) is 1.95. The molecule has 2 heteroatoms. The van der Waals surface area contributed by atoms with Gasteiger partial charge in [-0.25, -0.2) is 0 Å². The molecule has 0 aliphatic heterocycles. The van der Waals surface area contributed by atoms with Gasteiger partial charge >= 0.3 is 0 Å². The van der Waals surface area contributed by atoms with E-state index in [1.807, 2.05) is 12.1 Å². The molecule has 0 unspecified atom stereocenters. The van der Waals surface area contributed by atoms with Gasteiger partial charge in [-0.2, -0.15) is 0 Å². The number of aromatic hydroxyl groups is 1. The highest BCUT2D eigenvalue weighted by molar-refractivity contribution is 9.09. The Balaban J connectivity index is 2.09. The van der Waals surface area contributed by atoms with E-state index in [-0.39, 0.29) is 0 Å². The first-order valence-corrected chi connectivity index (χ1v) is 6.20. The molecule has 1 aromatic rings. The Morgan fingerprint density at radius 2 is 2.14 bits per heavy atom. The molecule has 76 valence electrons. The van der Waals surface area contributed by atoms with Crippen molar-refractivity contribution < 1.29 is 5.11 Å². The first kappa shape index (κ1) is 10.0. The van der Waals surface area contributed by atoms with Crippen LogP contribution in [0.5, 0.6) is 5.75 Å². The molecule has 1 N–H and O–H groups in total. The van der Waals surface area contributed by atoms with Crippen molar-refractivity contribution >= 4 is 15.9 Å². The van der Waals surface area contributed by atoms with E-state index in [0.29, 0.717) is 11.2 Å². The van der Waals surface area contributed by atoms with E-state index in [2.05, 4.69) is 22.0 Å². The maximum atomic E-state index is 9.36. The maximum absolute atomic E-state index is 9.36. The number of halogens is 1. The number of phenols is 1. The Kier molecular flexibility index (Phi) is 2.82. The van der Waals surface area contributed by atoms with Crippen LogP contribution in [0.2, 0.25) is 0 Å². The number of hydrogen-bond donors (Lipinski definition) is 1. The van der Waals surface area contributed by atoms with E-state index in [9.17, 15) is 5.11 Å². The van der Waals surface area contributed by atoms with Gasteiger partial charge in [-0.15, -0.1) is 0 Å². The zero-order chi connectivity index (χ0) is 10.0. The van der Waals surface area contributed by atoms with Crippen LogP contribution >= 0.6 is 15.9 Å². The Morgan fingerprint density at radius 3 is 2.64 bits per heavy atom. The molecule has 0 atom stereocenters. The molecule has 2 rings (SSSR count). The van der Waals surface area contributed by atoms with E-state index in [4.69, 9.17) is 0 Å². The van der Waals surface area contributed by atoms with Crippen LogP contribution in [0.3, 0.4) is 0 Å². The summed E-state index contributed by atoms with van der Waals surface area (Å²) < 4.78 is 0. The topological polar surface area (TPSA) is 20.2 Å². The second-order valence-electron chi connectivity index (χ2n) is 4.33. The van der Waals surface area contributed by atoms with Gasteiger partial charge in [0.1, 0.15) is 5.75 Å². The molecule has 0 spiro atoms. The van der Waals surface area contributed by atoms with E-state index in [1.54, 1.807) is 6.07 Å². The maximum Gasteiger partial charge on any atom is 0.115 e. The van der Waals surface area contributed by atoms with Gasteiger partial charge in [-0.05, 0) is 42.4 Å². The standard InChI is InChI=1S/C12H15BrO/c13-9-12(5-2-6-12)8-10-3-1-4-11(14)7-10/h1,3-4,7,14H,2,5-6,8-9H2. The van der Waals surface area contributed by atoms with Gasteiger partial charge in [0.25, 0.3) is 0 Å². The van der Waals surface area contributed by atoms with Crippen LogP contribution < -0.4 is 0 Å². The van der Waals surface area contributed by atoms with Crippen molar-refractivity contribution in [3.8, 4) is 5.75 Å². The highest BCUT2D eigenvalue weighted by atomic mass is 79.9. The van der Waals surface area contributed by atoms with Crippen LogP contribution in [-0.4, -0.2) is 10.4 Å². The molecule has 14 heavy (non-hydrogen) atoms. The minimum Gasteiger partial charge on any atom is -0.508 e. The number of benzene rings is 1. The molecule has 1 saturated carbocycles. The monoisotopic (exact) mass is 254 g/mol. The molecule has 0 aromatic heterocycles. The van der Waals surface area contributed by atoms with Crippen molar-refractivity contribution in [1.82, 2.24) is 0 Å². The Labute approximate surface area is 93.3 Å². The fourth-order valence-electron chi connectivity index (χ4n) is 2.13. The molecular formula is C12H15BrO. The average molecular weight is 255 g/mol. The summed E-state index contributed by atoms with van der Waals surface area (Å²) in [7, 11) is 0. The number of phenolic OH excluding ortho intramolecular Hbond substituents is 1. The quantitative estimate of drug-likeness (QED) is 0.819. The predicted octanol–water partition coefficient (Wildman–Crippen LogP) is 3.50. The summed E-state index contributed by atoms with van der Waals surface area (Å²) in [5.74, 6) is 0.381. The lowest BCUT2D eigenvalue weighted by molar-refractivity contribution is 0.170.